The topological polar surface area (TPSA) is 121 Å². The van der Waals surface area contributed by atoms with Crippen molar-refractivity contribution >= 4 is 40.7 Å². The first-order valence-corrected chi connectivity index (χ1v) is 12.4. The van der Waals surface area contributed by atoms with Gasteiger partial charge in [0.05, 0.1) is 29.0 Å². The number of anilines is 3. The number of carbonyl (C=O) groups excluding carboxylic acids is 4. The fraction of sp³-hybridized carbons (Fsp3) is 0.250. The number of pyridine rings is 1. The maximum atomic E-state index is 13.6. The number of amides is 4. The zero-order chi connectivity index (χ0) is 26.6. The van der Waals surface area contributed by atoms with E-state index in [1.807, 2.05) is 38.2 Å². The predicted octanol–water partition coefficient (Wildman–Crippen LogP) is 3.03. The van der Waals surface area contributed by atoms with E-state index < -0.39 is 29.7 Å². The molecular formula is C28H25N5O5. The molecule has 0 bridgehead atoms. The van der Waals surface area contributed by atoms with E-state index in [2.05, 4.69) is 20.5 Å². The predicted molar refractivity (Wildman–Crippen MR) is 140 cm³/mol. The standard InChI is InChI=1S/C28H25N5O5/c1-15-12-16(8-9-29-15)18-13-23-22(32(2)10-11-38-23)14-20(18)30-19-5-3-4-17-25(19)28(37)33(27(17)36)21-6-7-24(34)31-26(21)35/h3-5,8-9,12-14,21,30H,6-7,10-11H2,1-2H3,(H,31,34,35). The number of piperidine rings is 1. The lowest BCUT2D eigenvalue weighted by Gasteiger charge is -2.29. The first kappa shape index (κ1) is 23.7. The zero-order valence-electron chi connectivity index (χ0n) is 20.9. The summed E-state index contributed by atoms with van der Waals surface area (Å²) in [5.74, 6) is -1.42. The monoisotopic (exact) mass is 511 g/mol. The van der Waals surface area contributed by atoms with Crippen LogP contribution in [0.1, 0.15) is 39.3 Å². The highest BCUT2D eigenvalue weighted by Gasteiger charge is 2.45. The van der Waals surface area contributed by atoms with E-state index in [0.717, 1.165) is 45.4 Å². The lowest BCUT2D eigenvalue weighted by atomic mass is 10.0. The molecule has 1 aromatic heterocycles. The van der Waals surface area contributed by atoms with Crippen LogP contribution in [0, 0.1) is 6.92 Å². The largest absolute Gasteiger partial charge is 0.490 e. The Balaban J connectivity index is 1.43. The maximum Gasteiger partial charge on any atom is 0.264 e. The Kier molecular flexibility index (Phi) is 5.59. The average molecular weight is 512 g/mol. The Morgan fingerprint density at radius 3 is 2.66 bits per heavy atom. The average Bonchev–Trinajstić information content (AvgIpc) is 3.15. The van der Waals surface area contributed by atoms with E-state index in [4.69, 9.17) is 4.74 Å². The molecule has 1 atom stereocenters. The van der Waals surface area contributed by atoms with E-state index in [1.54, 1.807) is 24.4 Å². The van der Waals surface area contributed by atoms with Crippen LogP contribution >= 0.6 is 0 Å². The van der Waals surface area contributed by atoms with Gasteiger partial charge in [0.1, 0.15) is 18.4 Å². The van der Waals surface area contributed by atoms with Gasteiger partial charge in [0.15, 0.2) is 0 Å². The van der Waals surface area contributed by atoms with Crippen molar-refractivity contribution < 1.29 is 23.9 Å². The van der Waals surface area contributed by atoms with Crippen LogP contribution in [-0.4, -0.2) is 59.8 Å². The number of nitrogens with zero attached hydrogens (tertiary/aromatic N) is 3. The summed E-state index contributed by atoms with van der Waals surface area (Å²) in [7, 11) is 1.99. The number of carbonyl (C=O) groups is 4. The molecule has 0 saturated carbocycles. The number of aromatic nitrogens is 1. The highest BCUT2D eigenvalue weighted by molar-refractivity contribution is 6.25. The van der Waals surface area contributed by atoms with Crippen LogP contribution in [0.3, 0.4) is 0 Å². The fourth-order valence-electron chi connectivity index (χ4n) is 5.21. The second-order valence-electron chi connectivity index (χ2n) is 9.62. The second-order valence-corrected chi connectivity index (χ2v) is 9.62. The first-order valence-electron chi connectivity index (χ1n) is 12.4. The number of rotatable bonds is 4. The Labute approximate surface area is 218 Å². The van der Waals surface area contributed by atoms with Crippen LogP contribution in [0.2, 0.25) is 0 Å². The summed E-state index contributed by atoms with van der Waals surface area (Å²) in [5, 5.41) is 5.63. The van der Waals surface area contributed by atoms with E-state index in [9.17, 15) is 19.2 Å². The van der Waals surface area contributed by atoms with Crippen molar-refractivity contribution in [3.8, 4) is 16.9 Å². The molecule has 2 N–H and O–H groups in total. The number of hydrogen-bond acceptors (Lipinski definition) is 8. The highest BCUT2D eigenvalue weighted by atomic mass is 16.5. The molecule has 3 aromatic rings. The highest BCUT2D eigenvalue weighted by Crippen LogP contribution is 2.43. The molecule has 2 aromatic carbocycles. The maximum absolute atomic E-state index is 13.6. The van der Waals surface area contributed by atoms with Crippen LogP contribution < -0.4 is 20.3 Å². The van der Waals surface area contributed by atoms with E-state index in [-0.39, 0.29) is 24.0 Å². The quantitative estimate of drug-likeness (QED) is 0.513. The second kappa shape index (κ2) is 8.98. The van der Waals surface area contributed by atoms with Gasteiger partial charge < -0.3 is 15.0 Å². The molecule has 3 aliphatic rings. The van der Waals surface area contributed by atoms with Gasteiger partial charge in [0.2, 0.25) is 11.8 Å². The van der Waals surface area contributed by atoms with Crippen molar-refractivity contribution in [2.24, 2.45) is 0 Å². The van der Waals surface area contributed by atoms with Gasteiger partial charge in [-0.15, -0.1) is 0 Å². The van der Waals surface area contributed by atoms with Gasteiger partial charge in [-0.05, 0) is 55.3 Å². The molecule has 4 amide bonds. The smallest absolute Gasteiger partial charge is 0.264 e. The summed E-state index contributed by atoms with van der Waals surface area (Å²) >= 11 is 0. The minimum absolute atomic E-state index is 0.0638. The van der Waals surface area contributed by atoms with Crippen LogP contribution in [0.25, 0.3) is 11.1 Å². The molecule has 4 heterocycles. The van der Waals surface area contributed by atoms with Gasteiger partial charge in [-0.3, -0.25) is 34.4 Å². The third-order valence-corrected chi connectivity index (χ3v) is 7.14. The molecular weight excluding hydrogens is 486 g/mol. The number of hydrogen-bond donors (Lipinski definition) is 2. The molecule has 1 saturated heterocycles. The Hall–Kier alpha value is -4.73. The fourth-order valence-corrected chi connectivity index (χ4v) is 5.21. The molecule has 192 valence electrons. The first-order chi connectivity index (χ1) is 18.3. The number of ether oxygens (including phenoxy) is 1. The molecule has 38 heavy (non-hydrogen) atoms. The number of benzene rings is 2. The van der Waals surface area contributed by atoms with Crippen molar-refractivity contribution in [3.63, 3.8) is 0 Å². The summed E-state index contributed by atoms with van der Waals surface area (Å²) in [6.45, 7) is 3.22. The minimum atomic E-state index is -1.03. The van der Waals surface area contributed by atoms with Crippen molar-refractivity contribution in [1.82, 2.24) is 15.2 Å². The minimum Gasteiger partial charge on any atom is -0.490 e. The molecule has 0 aliphatic carbocycles. The molecule has 10 heteroatoms. The van der Waals surface area contributed by atoms with Crippen LogP contribution in [0.5, 0.6) is 5.75 Å². The number of fused-ring (bicyclic) bond motifs is 2. The van der Waals surface area contributed by atoms with Crippen LogP contribution in [0.4, 0.5) is 17.1 Å². The van der Waals surface area contributed by atoms with Gasteiger partial charge in [-0.2, -0.15) is 0 Å². The molecule has 10 nitrogen and oxygen atoms in total. The van der Waals surface area contributed by atoms with Gasteiger partial charge in [-0.25, -0.2) is 0 Å². The molecule has 1 fully saturated rings. The normalized spacial score (nSPS) is 18.6. The summed E-state index contributed by atoms with van der Waals surface area (Å²) in [6.07, 6.45) is 1.90. The van der Waals surface area contributed by atoms with Crippen LogP contribution in [-0.2, 0) is 9.59 Å². The number of imide groups is 2. The van der Waals surface area contributed by atoms with Crippen molar-refractivity contribution in [2.75, 3.05) is 30.4 Å². The third-order valence-electron chi connectivity index (χ3n) is 7.14. The molecule has 6 rings (SSSR count). The lowest BCUT2D eigenvalue weighted by Crippen LogP contribution is -2.54. The van der Waals surface area contributed by atoms with Gasteiger partial charge >= 0.3 is 0 Å². The Bertz CT molecular complexity index is 1530. The Morgan fingerprint density at radius 1 is 1.03 bits per heavy atom. The van der Waals surface area contributed by atoms with Gasteiger partial charge in [0.25, 0.3) is 11.8 Å². The summed E-state index contributed by atoms with van der Waals surface area (Å²) in [5.41, 5.74) is 5.09. The van der Waals surface area contributed by atoms with Gasteiger partial charge in [-0.1, -0.05) is 6.07 Å². The number of likely N-dealkylation sites (N-methyl/N-ethyl adjacent to an activating group) is 1. The van der Waals surface area contributed by atoms with E-state index >= 15 is 0 Å². The molecule has 0 radical (unpaired) electrons. The zero-order valence-corrected chi connectivity index (χ0v) is 20.9. The molecule has 3 aliphatic heterocycles. The van der Waals surface area contributed by atoms with Gasteiger partial charge in [0, 0.05) is 36.6 Å². The third kappa shape index (κ3) is 3.85. The SMILES string of the molecule is Cc1cc(-c2cc3c(cc2Nc2cccc4c2C(=O)N(C2CCC(=O)NC2=O)C4=O)N(C)CCO3)ccn1. The summed E-state index contributed by atoms with van der Waals surface area (Å²) in [6, 6.07) is 11.8. The van der Waals surface area contributed by atoms with E-state index in [0.29, 0.717) is 12.3 Å². The van der Waals surface area contributed by atoms with Crippen molar-refractivity contribution in [2.45, 2.75) is 25.8 Å². The lowest BCUT2D eigenvalue weighted by molar-refractivity contribution is -0.136. The molecule has 1 unspecified atom stereocenters. The number of aryl methyl sites for hydroxylation is 1. The van der Waals surface area contributed by atoms with Crippen LogP contribution in [0.15, 0.2) is 48.7 Å². The van der Waals surface area contributed by atoms with E-state index in [1.165, 1.54) is 0 Å². The Morgan fingerprint density at radius 2 is 1.87 bits per heavy atom. The van der Waals surface area contributed by atoms with Crippen molar-refractivity contribution in [3.05, 3.63) is 65.5 Å². The summed E-state index contributed by atoms with van der Waals surface area (Å²) in [4.78, 5) is 58.4. The summed E-state index contributed by atoms with van der Waals surface area (Å²) < 4.78 is 5.94. The van der Waals surface area contributed by atoms with Crippen molar-refractivity contribution in [1.29, 1.82) is 0 Å². The molecule has 0 spiro atoms. The number of nitrogens with one attached hydrogen (secondary N) is 2.